The first-order chi connectivity index (χ1) is 13.1. The highest BCUT2D eigenvalue weighted by atomic mass is 16.5. The Bertz CT molecular complexity index is 999. The number of rotatable bonds is 4. The third-order valence-corrected chi connectivity index (χ3v) is 4.19. The summed E-state index contributed by atoms with van der Waals surface area (Å²) in [6.07, 6.45) is 1.16. The minimum absolute atomic E-state index is 0.0714. The first kappa shape index (κ1) is 16.8. The van der Waals surface area contributed by atoms with Gasteiger partial charge in [0.05, 0.1) is 24.4 Å². The van der Waals surface area contributed by atoms with Gasteiger partial charge in [-0.2, -0.15) is 0 Å². The first-order valence-electron chi connectivity index (χ1n) is 8.24. The van der Waals surface area contributed by atoms with Gasteiger partial charge in [-0.3, -0.25) is 19.3 Å². The van der Waals surface area contributed by atoms with E-state index in [0.29, 0.717) is 28.4 Å². The molecule has 2 heterocycles. The van der Waals surface area contributed by atoms with Crippen molar-refractivity contribution in [1.29, 1.82) is 0 Å². The predicted octanol–water partition coefficient (Wildman–Crippen LogP) is 1.70. The van der Waals surface area contributed by atoms with Crippen LogP contribution in [0.15, 0.2) is 54.2 Å². The highest BCUT2D eigenvalue weighted by Crippen LogP contribution is 2.36. The molecule has 2 aromatic rings. The summed E-state index contributed by atoms with van der Waals surface area (Å²) in [5.41, 5.74) is 1.39. The van der Waals surface area contributed by atoms with Crippen molar-refractivity contribution in [2.75, 3.05) is 23.8 Å². The Balaban J connectivity index is 1.60. The van der Waals surface area contributed by atoms with E-state index >= 15 is 0 Å². The second-order valence-electron chi connectivity index (χ2n) is 5.96. The molecule has 0 saturated carbocycles. The van der Waals surface area contributed by atoms with Crippen molar-refractivity contribution in [2.45, 2.75) is 0 Å². The Morgan fingerprint density at radius 3 is 2.70 bits per heavy atom. The third-order valence-electron chi connectivity index (χ3n) is 4.19. The number of nitrogens with zero attached hydrogens (tertiary/aromatic N) is 1. The van der Waals surface area contributed by atoms with Crippen LogP contribution in [0.2, 0.25) is 0 Å². The maximum absolute atomic E-state index is 12.5. The van der Waals surface area contributed by atoms with Crippen molar-refractivity contribution >= 4 is 29.1 Å². The average molecular weight is 365 g/mol. The molecule has 0 radical (unpaired) electrons. The van der Waals surface area contributed by atoms with Gasteiger partial charge in [-0.05, 0) is 30.3 Å². The number of amides is 3. The number of nitrogens with one attached hydrogen (secondary N) is 2. The molecule has 2 aliphatic rings. The Hall–Kier alpha value is -3.65. The number of imide groups is 1. The molecule has 4 rings (SSSR count). The molecule has 0 saturated heterocycles. The standard InChI is InChI=1S/C19H15N3O5/c23-8-7-22-17(24)10-14(19(22)26)20-11-5-6-15-12(9-11)18(25)21-13-3-1-2-4-16(13)27-15/h1-6,9-10,20,23H,7-8H2,(H,21,25). The van der Waals surface area contributed by atoms with Crippen LogP contribution >= 0.6 is 0 Å². The smallest absolute Gasteiger partial charge is 0.277 e. The van der Waals surface area contributed by atoms with E-state index in [-0.39, 0.29) is 24.8 Å². The summed E-state index contributed by atoms with van der Waals surface area (Å²) in [5, 5.41) is 14.6. The highest BCUT2D eigenvalue weighted by molar-refractivity contribution is 6.17. The zero-order valence-corrected chi connectivity index (χ0v) is 14.1. The topological polar surface area (TPSA) is 108 Å². The van der Waals surface area contributed by atoms with Crippen LogP contribution in [0.25, 0.3) is 0 Å². The number of aliphatic hydroxyl groups is 1. The third kappa shape index (κ3) is 3.02. The van der Waals surface area contributed by atoms with Crippen LogP contribution in [0.3, 0.4) is 0 Å². The fourth-order valence-electron chi connectivity index (χ4n) is 2.91. The number of ether oxygens (including phenoxy) is 1. The number of aliphatic hydroxyl groups excluding tert-OH is 1. The summed E-state index contributed by atoms with van der Waals surface area (Å²) in [4.78, 5) is 37.5. The SMILES string of the molecule is O=C1Nc2ccccc2Oc2ccc(NC3=CC(=O)N(CCO)C3=O)cc21. The van der Waals surface area contributed by atoms with Gasteiger partial charge >= 0.3 is 0 Å². The second-order valence-corrected chi connectivity index (χ2v) is 5.96. The number of anilines is 2. The van der Waals surface area contributed by atoms with Gasteiger partial charge in [0.25, 0.3) is 17.7 Å². The minimum Gasteiger partial charge on any atom is -0.454 e. The zero-order chi connectivity index (χ0) is 19.0. The van der Waals surface area contributed by atoms with Crippen LogP contribution in [-0.4, -0.2) is 40.9 Å². The van der Waals surface area contributed by atoms with Crippen molar-refractivity contribution in [2.24, 2.45) is 0 Å². The molecule has 8 nitrogen and oxygen atoms in total. The summed E-state index contributed by atoms with van der Waals surface area (Å²) in [6.45, 7) is -0.381. The van der Waals surface area contributed by atoms with Crippen LogP contribution in [0.5, 0.6) is 11.5 Å². The largest absolute Gasteiger partial charge is 0.454 e. The van der Waals surface area contributed by atoms with Crippen LogP contribution in [0.4, 0.5) is 11.4 Å². The highest BCUT2D eigenvalue weighted by Gasteiger charge is 2.31. The number of hydrogen-bond acceptors (Lipinski definition) is 6. The van der Waals surface area contributed by atoms with Gasteiger partial charge in [0.15, 0.2) is 5.75 Å². The quantitative estimate of drug-likeness (QED) is 0.712. The molecule has 0 fully saturated rings. The van der Waals surface area contributed by atoms with Gasteiger partial charge in [-0.15, -0.1) is 0 Å². The van der Waals surface area contributed by atoms with E-state index in [0.717, 1.165) is 11.0 Å². The molecule has 0 spiro atoms. The molecule has 3 N–H and O–H groups in total. The van der Waals surface area contributed by atoms with Crippen molar-refractivity contribution < 1.29 is 24.2 Å². The molecule has 27 heavy (non-hydrogen) atoms. The maximum atomic E-state index is 12.5. The van der Waals surface area contributed by atoms with Crippen molar-refractivity contribution in [3.8, 4) is 11.5 Å². The number of hydrogen-bond donors (Lipinski definition) is 3. The second kappa shape index (κ2) is 6.58. The van der Waals surface area contributed by atoms with Gasteiger partial charge in [0.1, 0.15) is 11.4 Å². The molecule has 0 bridgehead atoms. The molecule has 0 unspecified atom stereocenters. The van der Waals surface area contributed by atoms with Gasteiger partial charge in [0, 0.05) is 11.8 Å². The molecular formula is C19H15N3O5. The lowest BCUT2D eigenvalue weighted by atomic mass is 10.1. The molecular weight excluding hydrogens is 350 g/mol. The van der Waals surface area contributed by atoms with Gasteiger partial charge in [-0.1, -0.05) is 12.1 Å². The fraction of sp³-hybridized carbons (Fsp3) is 0.105. The molecule has 2 aromatic carbocycles. The Kier molecular flexibility index (Phi) is 4.09. The molecule has 3 amide bonds. The summed E-state index contributed by atoms with van der Waals surface area (Å²) >= 11 is 0. The van der Waals surface area contributed by atoms with Crippen LogP contribution < -0.4 is 15.4 Å². The number of β-amino-alcohol motifs (C(OH)–C–C–N with tert-alkyl or cyclic N) is 1. The van der Waals surface area contributed by atoms with E-state index < -0.39 is 11.8 Å². The lowest BCUT2D eigenvalue weighted by molar-refractivity contribution is -0.137. The normalized spacial score (nSPS) is 15.4. The van der Waals surface area contributed by atoms with E-state index in [9.17, 15) is 14.4 Å². The van der Waals surface area contributed by atoms with Crippen molar-refractivity contribution in [3.05, 3.63) is 59.8 Å². The van der Waals surface area contributed by atoms with Crippen LogP contribution in [0.1, 0.15) is 10.4 Å². The molecule has 0 aliphatic carbocycles. The lowest BCUT2D eigenvalue weighted by Crippen LogP contribution is -2.34. The molecule has 8 heteroatoms. The number of fused-ring (bicyclic) bond motifs is 2. The Morgan fingerprint density at radius 2 is 1.89 bits per heavy atom. The maximum Gasteiger partial charge on any atom is 0.277 e. The summed E-state index contributed by atoms with van der Waals surface area (Å²) < 4.78 is 5.80. The number of carbonyl (C=O) groups excluding carboxylic acids is 3. The first-order valence-corrected chi connectivity index (χ1v) is 8.24. The van der Waals surface area contributed by atoms with E-state index in [1.54, 1.807) is 42.5 Å². The zero-order valence-electron chi connectivity index (χ0n) is 14.1. The van der Waals surface area contributed by atoms with Gasteiger partial charge < -0.3 is 20.5 Å². The average Bonchev–Trinajstić information content (AvgIpc) is 2.84. The molecule has 0 atom stereocenters. The molecule has 2 aliphatic heterocycles. The van der Waals surface area contributed by atoms with E-state index in [4.69, 9.17) is 9.84 Å². The minimum atomic E-state index is -0.530. The predicted molar refractivity (Wildman–Crippen MR) is 96.4 cm³/mol. The van der Waals surface area contributed by atoms with E-state index in [1.807, 2.05) is 0 Å². The fourth-order valence-corrected chi connectivity index (χ4v) is 2.91. The number of para-hydroxylation sites is 2. The van der Waals surface area contributed by atoms with Crippen molar-refractivity contribution in [1.82, 2.24) is 4.90 Å². The number of carbonyl (C=O) groups is 3. The van der Waals surface area contributed by atoms with E-state index in [1.165, 1.54) is 0 Å². The monoisotopic (exact) mass is 365 g/mol. The van der Waals surface area contributed by atoms with Crippen molar-refractivity contribution in [3.63, 3.8) is 0 Å². The number of benzene rings is 2. The Labute approximate surface area is 154 Å². The van der Waals surface area contributed by atoms with E-state index in [2.05, 4.69) is 10.6 Å². The van der Waals surface area contributed by atoms with Crippen LogP contribution in [0, 0.1) is 0 Å². The van der Waals surface area contributed by atoms with Gasteiger partial charge in [0.2, 0.25) is 0 Å². The van der Waals surface area contributed by atoms with Crippen LogP contribution in [-0.2, 0) is 9.59 Å². The van der Waals surface area contributed by atoms with Gasteiger partial charge in [-0.25, -0.2) is 0 Å². The summed E-state index contributed by atoms with van der Waals surface area (Å²) in [6, 6.07) is 11.9. The molecule has 136 valence electrons. The summed E-state index contributed by atoms with van der Waals surface area (Å²) in [7, 11) is 0. The lowest BCUT2D eigenvalue weighted by Gasteiger charge is -2.14. The Morgan fingerprint density at radius 1 is 1.07 bits per heavy atom. The molecule has 0 aromatic heterocycles. The summed E-state index contributed by atoms with van der Waals surface area (Å²) in [5.74, 6) is -0.458.